The number of nitrogens with zero attached hydrogens (tertiary/aromatic N) is 1. The van der Waals surface area contributed by atoms with Crippen LogP contribution in [0.5, 0.6) is 0 Å². The van der Waals surface area contributed by atoms with E-state index in [2.05, 4.69) is 22.0 Å². The number of aryl methyl sites for hydroxylation is 2. The summed E-state index contributed by atoms with van der Waals surface area (Å²) in [5.74, 6) is -1.13. The zero-order valence-corrected chi connectivity index (χ0v) is 16.5. The van der Waals surface area contributed by atoms with E-state index >= 15 is 0 Å². The first-order chi connectivity index (χ1) is 13.5. The summed E-state index contributed by atoms with van der Waals surface area (Å²) in [6.07, 6.45) is 0. The fraction of sp³-hybridized carbons (Fsp3) is 0.286. The van der Waals surface area contributed by atoms with Gasteiger partial charge in [-0.2, -0.15) is 5.26 Å². The summed E-state index contributed by atoms with van der Waals surface area (Å²) in [5.41, 5.74) is 3.45. The average molecular weight is 395 g/mol. The van der Waals surface area contributed by atoms with Crippen molar-refractivity contribution >= 4 is 29.3 Å². The minimum Gasteiger partial charge on any atom is -0.331 e. The van der Waals surface area contributed by atoms with Crippen molar-refractivity contribution in [1.82, 2.24) is 10.6 Å². The monoisotopic (exact) mass is 394 g/mol. The van der Waals surface area contributed by atoms with Crippen LogP contribution in [0.4, 0.5) is 5.69 Å². The Morgan fingerprint density at radius 3 is 2.61 bits per heavy atom. The first-order valence-electron chi connectivity index (χ1n) is 8.97. The predicted molar refractivity (Wildman–Crippen MR) is 110 cm³/mol. The summed E-state index contributed by atoms with van der Waals surface area (Å²) >= 11 is 1.28. The van der Waals surface area contributed by atoms with Crippen LogP contribution in [0.25, 0.3) is 0 Å². The second kappa shape index (κ2) is 8.91. The Kier molecular flexibility index (Phi) is 6.34. The number of carbonyl (C=O) groups is 2. The molecule has 0 radical (unpaired) electrons. The molecule has 6 nitrogen and oxygen atoms in total. The van der Waals surface area contributed by atoms with Gasteiger partial charge in [0.15, 0.2) is 0 Å². The van der Waals surface area contributed by atoms with E-state index in [1.807, 2.05) is 62.4 Å². The van der Waals surface area contributed by atoms with Gasteiger partial charge in [0.05, 0.1) is 17.9 Å². The van der Waals surface area contributed by atoms with Gasteiger partial charge in [0.1, 0.15) is 11.4 Å². The van der Waals surface area contributed by atoms with Crippen LogP contribution in [0.2, 0.25) is 0 Å². The van der Waals surface area contributed by atoms with Crippen LogP contribution in [0.15, 0.2) is 48.5 Å². The molecule has 1 aliphatic heterocycles. The van der Waals surface area contributed by atoms with E-state index in [0.29, 0.717) is 0 Å². The lowest BCUT2D eigenvalue weighted by Crippen LogP contribution is -2.56. The summed E-state index contributed by atoms with van der Waals surface area (Å²) in [7, 11) is 0. The van der Waals surface area contributed by atoms with Crippen molar-refractivity contribution in [2.75, 3.05) is 11.1 Å². The number of benzene rings is 2. The molecule has 2 aromatic carbocycles. The summed E-state index contributed by atoms with van der Waals surface area (Å²) in [4.78, 5) is 24.6. The summed E-state index contributed by atoms with van der Waals surface area (Å²) in [6.45, 7) is 4.02. The SMILES string of the molecule is Cc1ccc(NC(=O)CSC2NC(=O)C(C#N)C(c3ccccc3)N2)cc1C. The van der Waals surface area contributed by atoms with Gasteiger partial charge in [-0.1, -0.05) is 36.4 Å². The van der Waals surface area contributed by atoms with Crippen LogP contribution in [0, 0.1) is 31.1 Å². The highest BCUT2D eigenvalue weighted by Gasteiger charge is 2.37. The maximum absolute atomic E-state index is 12.3. The van der Waals surface area contributed by atoms with E-state index in [0.717, 1.165) is 16.8 Å². The molecule has 1 fully saturated rings. The van der Waals surface area contributed by atoms with Gasteiger partial charge in [-0.3, -0.25) is 14.9 Å². The molecule has 3 unspecified atom stereocenters. The van der Waals surface area contributed by atoms with Gasteiger partial charge >= 0.3 is 0 Å². The average Bonchev–Trinajstić information content (AvgIpc) is 2.69. The van der Waals surface area contributed by atoms with Crippen molar-refractivity contribution in [3.63, 3.8) is 0 Å². The highest BCUT2D eigenvalue weighted by Crippen LogP contribution is 2.28. The maximum atomic E-state index is 12.3. The van der Waals surface area contributed by atoms with Gasteiger partial charge in [0, 0.05) is 5.69 Å². The first kappa shape index (κ1) is 19.9. The second-order valence-corrected chi connectivity index (χ2v) is 7.80. The molecular weight excluding hydrogens is 372 g/mol. The summed E-state index contributed by atoms with van der Waals surface area (Å²) < 4.78 is 0. The molecule has 0 aliphatic carbocycles. The van der Waals surface area contributed by atoms with Crippen molar-refractivity contribution in [3.05, 3.63) is 65.2 Å². The minimum atomic E-state index is -0.816. The van der Waals surface area contributed by atoms with Gasteiger partial charge in [-0.15, -0.1) is 11.8 Å². The second-order valence-electron chi connectivity index (χ2n) is 6.71. The van der Waals surface area contributed by atoms with Gasteiger partial charge in [0.2, 0.25) is 11.8 Å². The highest BCUT2D eigenvalue weighted by atomic mass is 32.2. The molecule has 0 aromatic heterocycles. The van der Waals surface area contributed by atoms with Crippen LogP contribution >= 0.6 is 11.8 Å². The quantitative estimate of drug-likeness (QED) is 0.725. The molecule has 144 valence electrons. The molecular formula is C21H22N4O2S. The Balaban J connectivity index is 1.61. The van der Waals surface area contributed by atoms with E-state index in [4.69, 9.17) is 0 Å². The van der Waals surface area contributed by atoms with Gasteiger partial charge in [-0.25, -0.2) is 0 Å². The zero-order valence-electron chi connectivity index (χ0n) is 15.7. The molecule has 3 rings (SSSR count). The number of nitriles is 1. The van der Waals surface area contributed by atoms with Gasteiger partial charge in [0.25, 0.3) is 0 Å². The molecule has 28 heavy (non-hydrogen) atoms. The van der Waals surface area contributed by atoms with E-state index in [1.54, 1.807) is 0 Å². The number of anilines is 1. The third kappa shape index (κ3) is 4.71. The summed E-state index contributed by atoms with van der Waals surface area (Å²) in [6, 6.07) is 16.8. The van der Waals surface area contributed by atoms with Gasteiger partial charge < -0.3 is 10.6 Å². The predicted octanol–water partition coefficient (Wildman–Crippen LogP) is 2.86. The number of hydrogen-bond acceptors (Lipinski definition) is 5. The van der Waals surface area contributed by atoms with E-state index in [-0.39, 0.29) is 17.6 Å². The highest BCUT2D eigenvalue weighted by molar-refractivity contribution is 8.00. The molecule has 3 N–H and O–H groups in total. The van der Waals surface area contributed by atoms with Crippen LogP contribution < -0.4 is 16.0 Å². The van der Waals surface area contributed by atoms with Crippen molar-refractivity contribution in [3.8, 4) is 6.07 Å². The molecule has 3 atom stereocenters. The molecule has 1 heterocycles. The fourth-order valence-electron chi connectivity index (χ4n) is 3.02. The maximum Gasteiger partial charge on any atom is 0.241 e. The lowest BCUT2D eigenvalue weighted by atomic mass is 9.92. The number of rotatable bonds is 5. The number of carbonyl (C=O) groups excluding carboxylic acids is 2. The number of nitrogens with one attached hydrogen (secondary N) is 3. The Morgan fingerprint density at radius 2 is 1.93 bits per heavy atom. The molecule has 7 heteroatoms. The van der Waals surface area contributed by atoms with E-state index in [9.17, 15) is 14.9 Å². The number of amides is 2. The third-order valence-corrected chi connectivity index (χ3v) is 5.71. The van der Waals surface area contributed by atoms with E-state index < -0.39 is 17.5 Å². The molecule has 1 saturated heterocycles. The molecule has 0 bridgehead atoms. The van der Waals surface area contributed by atoms with Crippen LogP contribution in [0.3, 0.4) is 0 Å². The molecule has 2 aromatic rings. The Morgan fingerprint density at radius 1 is 1.18 bits per heavy atom. The number of hydrogen-bond donors (Lipinski definition) is 3. The van der Waals surface area contributed by atoms with Crippen LogP contribution in [-0.4, -0.2) is 23.1 Å². The topological polar surface area (TPSA) is 94.0 Å². The van der Waals surface area contributed by atoms with Crippen molar-refractivity contribution in [2.45, 2.75) is 25.4 Å². The van der Waals surface area contributed by atoms with Gasteiger partial charge in [-0.05, 0) is 42.7 Å². The molecule has 0 saturated carbocycles. The summed E-state index contributed by atoms with van der Waals surface area (Å²) in [5, 5.41) is 18.3. The Labute approximate surface area is 168 Å². The lowest BCUT2D eigenvalue weighted by Gasteiger charge is -2.34. The molecule has 0 spiro atoms. The number of thioether (sulfide) groups is 1. The van der Waals surface area contributed by atoms with Crippen molar-refractivity contribution in [2.24, 2.45) is 5.92 Å². The standard InChI is InChI=1S/C21H22N4O2S/c1-13-8-9-16(10-14(13)2)23-18(26)12-28-21-24-19(15-6-4-3-5-7-15)17(11-22)20(27)25-21/h3-10,17,19,21,24H,12H2,1-2H3,(H,23,26)(H,25,27). The van der Waals surface area contributed by atoms with Crippen LogP contribution in [0.1, 0.15) is 22.7 Å². The third-order valence-electron chi connectivity index (χ3n) is 4.69. The Hall–Kier alpha value is -2.82. The van der Waals surface area contributed by atoms with Crippen molar-refractivity contribution < 1.29 is 9.59 Å². The molecule has 1 aliphatic rings. The zero-order chi connectivity index (χ0) is 20.1. The Bertz CT molecular complexity index is 910. The lowest BCUT2D eigenvalue weighted by molar-refractivity contribution is -0.126. The van der Waals surface area contributed by atoms with E-state index in [1.165, 1.54) is 17.3 Å². The van der Waals surface area contributed by atoms with Crippen LogP contribution in [-0.2, 0) is 9.59 Å². The smallest absolute Gasteiger partial charge is 0.241 e. The van der Waals surface area contributed by atoms with Crippen molar-refractivity contribution in [1.29, 1.82) is 5.26 Å². The minimum absolute atomic E-state index is 0.150. The fourth-order valence-corrected chi connectivity index (χ4v) is 3.85. The first-order valence-corrected chi connectivity index (χ1v) is 10.0. The molecule has 2 amide bonds. The largest absolute Gasteiger partial charge is 0.331 e. The normalized spacial score (nSPS) is 21.5.